The Morgan fingerprint density at radius 1 is 1.57 bits per heavy atom. The Kier molecular flexibility index (Phi) is 2.52. The van der Waals surface area contributed by atoms with Gasteiger partial charge in [0.2, 0.25) is 0 Å². The quantitative estimate of drug-likeness (QED) is 0.762. The number of rotatable bonds is 3. The lowest BCUT2D eigenvalue weighted by molar-refractivity contribution is 0.225. The van der Waals surface area contributed by atoms with Crippen molar-refractivity contribution in [2.75, 3.05) is 17.6 Å². The Morgan fingerprint density at radius 3 is 3.00 bits per heavy atom. The lowest BCUT2D eigenvalue weighted by Crippen LogP contribution is -2.28. The van der Waals surface area contributed by atoms with Gasteiger partial charge in [-0.15, -0.1) is 0 Å². The molecule has 1 fully saturated rings. The van der Waals surface area contributed by atoms with Gasteiger partial charge in [-0.25, -0.2) is 9.97 Å². The minimum Gasteiger partial charge on any atom is -0.394 e. The Bertz CT molecular complexity index is 307. The first-order chi connectivity index (χ1) is 6.75. The largest absolute Gasteiger partial charge is 0.394 e. The molecule has 76 valence electrons. The van der Waals surface area contributed by atoms with Gasteiger partial charge < -0.3 is 11.1 Å². The molecular weight excluding hydrogens is 176 g/mol. The van der Waals surface area contributed by atoms with Gasteiger partial charge >= 0.3 is 0 Å². The van der Waals surface area contributed by atoms with E-state index in [4.69, 9.17) is 5.73 Å². The van der Waals surface area contributed by atoms with Gasteiger partial charge in [-0.2, -0.15) is 0 Å². The van der Waals surface area contributed by atoms with Gasteiger partial charge in [0.05, 0.1) is 11.9 Å². The van der Waals surface area contributed by atoms with Gasteiger partial charge in [0.1, 0.15) is 6.33 Å². The topological polar surface area (TPSA) is 63.8 Å². The van der Waals surface area contributed by atoms with Crippen molar-refractivity contribution in [1.29, 1.82) is 0 Å². The second-order valence-electron chi connectivity index (χ2n) is 4.15. The molecule has 1 aromatic rings. The zero-order valence-electron chi connectivity index (χ0n) is 8.40. The molecule has 1 saturated carbocycles. The maximum absolute atomic E-state index is 5.71. The molecule has 14 heavy (non-hydrogen) atoms. The van der Waals surface area contributed by atoms with E-state index in [1.54, 1.807) is 6.20 Å². The van der Waals surface area contributed by atoms with Crippen LogP contribution in [0.3, 0.4) is 0 Å². The van der Waals surface area contributed by atoms with Crippen LogP contribution in [0.2, 0.25) is 0 Å². The average molecular weight is 192 g/mol. The highest BCUT2D eigenvalue weighted by Crippen LogP contribution is 2.33. The lowest BCUT2D eigenvalue weighted by Gasteiger charge is -2.32. The molecule has 1 aromatic heterocycles. The minimum absolute atomic E-state index is 0.625. The second kappa shape index (κ2) is 3.82. The number of nitrogen functional groups attached to an aromatic ring is 1. The van der Waals surface area contributed by atoms with Crippen LogP contribution in [0.5, 0.6) is 0 Å². The van der Waals surface area contributed by atoms with E-state index in [2.05, 4.69) is 22.2 Å². The van der Waals surface area contributed by atoms with Crippen molar-refractivity contribution in [2.45, 2.75) is 19.8 Å². The first-order valence-corrected chi connectivity index (χ1v) is 5.05. The summed E-state index contributed by atoms with van der Waals surface area (Å²) in [5.74, 6) is 2.45. The molecule has 1 heterocycles. The number of nitrogens with zero attached hydrogens (tertiary/aromatic N) is 2. The monoisotopic (exact) mass is 192 g/mol. The fourth-order valence-electron chi connectivity index (χ4n) is 1.96. The van der Waals surface area contributed by atoms with E-state index in [1.165, 1.54) is 19.2 Å². The maximum Gasteiger partial charge on any atom is 0.152 e. The van der Waals surface area contributed by atoms with Crippen molar-refractivity contribution in [3.05, 3.63) is 12.5 Å². The summed E-state index contributed by atoms with van der Waals surface area (Å²) in [6.45, 7) is 3.26. The average Bonchev–Trinajstić information content (AvgIpc) is 2.13. The Morgan fingerprint density at radius 2 is 2.36 bits per heavy atom. The molecule has 1 aliphatic rings. The van der Waals surface area contributed by atoms with E-state index in [0.29, 0.717) is 5.69 Å². The molecule has 0 atom stereocenters. The van der Waals surface area contributed by atoms with E-state index < -0.39 is 0 Å². The molecule has 0 unspecified atom stereocenters. The minimum atomic E-state index is 0.625. The van der Waals surface area contributed by atoms with Gasteiger partial charge in [0.15, 0.2) is 5.82 Å². The lowest BCUT2D eigenvalue weighted by atomic mass is 9.76. The first-order valence-electron chi connectivity index (χ1n) is 5.05. The van der Waals surface area contributed by atoms with Crippen LogP contribution in [-0.4, -0.2) is 16.5 Å². The van der Waals surface area contributed by atoms with Crippen LogP contribution in [0.25, 0.3) is 0 Å². The summed E-state index contributed by atoms with van der Waals surface area (Å²) in [6, 6.07) is 0. The summed E-state index contributed by atoms with van der Waals surface area (Å²) in [5.41, 5.74) is 6.33. The SMILES string of the molecule is CC1CC(CNc2ncncc2N)C1. The van der Waals surface area contributed by atoms with E-state index in [-0.39, 0.29) is 0 Å². The van der Waals surface area contributed by atoms with Crippen molar-refractivity contribution < 1.29 is 0 Å². The molecule has 0 saturated heterocycles. The van der Waals surface area contributed by atoms with Crippen molar-refractivity contribution in [2.24, 2.45) is 11.8 Å². The zero-order valence-corrected chi connectivity index (χ0v) is 8.40. The van der Waals surface area contributed by atoms with Crippen molar-refractivity contribution in [3.63, 3.8) is 0 Å². The number of anilines is 2. The van der Waals surface area contributed by atoms with Gasteiger partial charge in [-0.3, -0.25) is 0 Å². The molecule has 0 amide bonds. The van der Waals surface area contributed by atoms with Crippen LogP contribution < -0.4 is 11.1 Å². The van der Waals surface area contributed by atoms with Crippen LogP contribution in [0.15, 0.2) is 12.5 Å². The smallest absolute Gasteiger partial charge is 0.152 e. The molecule has 3 N–H and O–H groups in total. The third-order valence-corrected chi connectivity index (χ3v) is 2.77. The maximum atomic E-state index is 5.71. The Balaban J connectivity index is 1.83. The summed E-state index contributed by atoms with van der Waals surface area (Å²) >= 11 is 0. The highest BCUT2D eigenvalue weighted by molar-refractivity contribution is 5.58. The van der Waals surface area contributed by atoms with Crippen molar-refractivity contribution in [1.82, 2.24) is 9.97 Å². The molecule has 0 bridgehead atoms. The van der Waals surface area contributed by atoms with Crippen LogP contribution in [-0.2, 0) is 0 Å². The van der Waals surface area contributed by atoms with Gasteiger partial charge in [-0.1, -0.05) is 6.92 Å². The predicted molar refractivity (Wildman–Crippen MR) is 56.8 cm³/mol. The molecule has 2 rings (SSSR count). The third-order valence-electron chi connectivity index (χ3n) is 2.77. The normalized spacial score (nSPS) is 25.5. The van der Waals surface area contributed by atoms with Gasteiger partial charge in [0, 0.05) is 6.54 Å². The fraction of sp³-hybridized carbons (Fsp3) is 0.600. The number of nitrogens with one attached hydrogen (secondary N) is 1. The molecule has 0 aliphatic heterocycles. The van der Waals surface area contributed by atoms with E-state index in [0.717, 1.165) is 24.2 Å². The molecular formula is C10H16N4. The standard InChI is InChI=1S/C10H16N4/c1-7-2-8(3-7)4-13-10-9(11)5-12-6-14-10/h5-8H,2-4,11H2,1H3,(H,12,13,14). The Hall–Kier alpha value is -1.32. The predicted octanol–water partition coefficient (Wildman–Crippen LogP) is 1.52. The highest BCUT2D eigenvalue weighted by Gasteiger charge is 2.24. The van der Waals surface area contributed by atoms with Crippen LogP contribution in [0, 0.1) is 11.8 Å². The second-order valence-corrected chi connectivity index (χ2v) is 4.15. The first kappa shape index (κ1) is 9.24. The number of aromatic nitrogens is 2. The van der Waals surface area contributed by atoms with Crippen LogP contribution in [0.4, 0.5) is 11.5 Å². The van der Waals surface area contributed by atoms with E-state index in [9.17, 15) is 0 Å². The van der Waals surface area contributed by atoms with Gasteiger partial charge in [-0.05, 0) is 24.7 Å². The molecule has 4 nitrogen and oxygen atoms in total. The summed E-state index contributed by atoms with van der Waals surface area (Å²) < 4.78 is 0. The van der Waals surface area contributed by atoms with Crippen molar-refractivity contribution in [3.8, 4) is 0 Å². The molecule has 0 aromatic carbocycles. The highest BCUT2D eigenvalue weighted by atomic mass is 15.0. The summed E-state index contributed by atoms with van der Waals surface area (Å²) in [4.78, 5) is 7.92. The molecule has 1 aliphatic carbocycles. The number of hydrogen-bond acceptors (Lipinski definition) is 4. The van der Waals surface area contributed by atoms with E-state index in [1.807, 2.05) is 0 Å². The summed E-state index contributed by atoms with van der Waals surface area (Å²) in [7, 11) is 0. The summed E-state index contributed by atoms with van der Waals surface area (Å²) in [6.07, 6.45) is 5.77. The number of hydrogen-bond donors (Lipinski definition) is 2. The number of nitrogens with two attached hydrogens (primary N) is 1. The fourth-order valence-corrected chi connectivity index (χ4v) is 1.96. The summed E-state index contributed by atoms with van der Waals surface area (Å²) in [5, 5.41) is 3.26. The van der Waals surface area contributed by atoms with E-state index >= 15 is 0 Å². The molecule has 0 radical (unpaired) electrons. The zero-order chi connectivity index (χ0) is 9.97. The van der Waals surface area contributed by atoms with Crippen molar-refractivity contribution >= 4 is 11.5 Å². The van der Waals surface area contributed by atoms with Crippen LogP contribution in [0.1, 0.15) is 19.8 Å². The van der Waals surface area contributed by atoms with Crippen LogP contribution >= 0.6 is 0 Å². The molecule has 0 spiro atoms. The molecule has 4 heteroatoms. The Labute approximate surface area is 83.9 Å². The van der Waals surface area contributed by atoms with Gasteiger partial charge in [0.25, 0.3) is 0 Å². The third kappa shape index (κ3) is 1.95.